The molecule has 2 aromatic heterocycles. The van der Waals surface area contributed by atoms with Crippen LogP contribution in [-0.2, 0) is 10.8 Å². The number of hydrogen-bond donors (Lipinski definition) is 0. The molecule has 304 valence electrons. The van der Waals surface area contributed by atoms with Crippen molar-refractivity contribution in [3.63, 3.8) is 0 Å². The van der Waals surface area contributed by atoms with Gasteiger partial charge in [-0.3, -0.25) is 0 Å². The van der Waals surface area contributed by atoms with Crippen LogP contribution >= 0.6 is 11.3 Å². The molecule has 0 aliphatic carbocycles. The highest BCUT2D eigenvalue weighted by molar-refractivity contribution is 7.33. The first-order valence-corrected chi connectivity index (χ1v) is 23.0. The minimum absolute atomic E-state index is 0.0289. The molecule has 4 heterocycles. The van der Waals surface area contributed by atoms with Crippen LogP contribution in [0.3, 0.4) is 0 Å². The molecule has 10 aromatic rings. The number of fused-ring (bicyclic) bond motifs is 9. The first kappa shape index (κ1) is 37.9. The molecule has 2 aliphatic heterocycles. The van der Waals surface area contributed by atoms with Crippen molar-refractivity contribution in [2.45, 2.75) is 52.4 Å². The molecule has 0 N–H and O–H groups in total. The zero-order valence-electron chi connectivity index (χ0n) is 36.6. The van der Waals surface area contributed by atoms with Crippen molar-refractivity contribution in [2.24, 2.45) is 0 Å². The molecule has 8 aromatic carbocycles. The average Bonchev–Trinajstić information content (AvgIpc) is 3.84. The Morgan fingerprint density at radius 3 is 1.60 bits per heavy atom. The summed E-state index contributed by atoms with van der Waals surface area (Å²) in [5.74, 6) is 0. The molecule has 0 unspecified atom stereocenters. The molecule has 0 saturated heterocycles. The fourth-order valence-corrected chi connectivity index (χ4v) is 11.6. The summed E-state index contributed by atoms with van der Waals surface area (Å²) in [5.41, 5.74) is 18.7. The van der Waals surface area contributed by atoms with Crippen LogP contribution in [0, 0.1) is 0 Å². The molecular weight excluding hydrogens is 782 g/mol. The van der Waals surface area contributed by atoms with Crippen molar-refractivity contribution in [3.8, 4) is 16.8 Å². The van der Waals surface area contributed by atoms with E-state index >= 15 is 0 Å². The predicted octanol–water partition coefficient (Wildman–Crippen LogP) is 14.3. The van der Waals surface area contributed by atoms with E-state index in [9.17, 15) is 0 Å². The molecule has 3 nitrogen and oxygen atoms in total. The maximum Gasteiger partial charge on any atom is 0.264 e. The van der Waals surface area contributed by atoms with E-state index in [2.05, 4.69) is 238 Å². The lowest BCUT2D eigenvalue weighted by atomic mass is 9.36. The lowest BCUT2D eigenvalue weighted by molar-refractivity contribution is 0.590. The third kappa shape index (κ3) is 5.86. The monoisotopic (exact) mass is 829 g/mol. The summed E-state index contributed by atoms with van der Waals surface area (Å²) in [6.07, 6.45) is 0. The predicted molar refractivity (Wildman–Crippen MR) is 273 cm³/mol. The quantitative estimate of drug-likeness (QED) is 0.164. The molecule has 0 radical (unpaired) electrons. The first-order chi connectivity index (χ1) is 30.5. The van der Waals surface area contributed by atoms with Gasteiger partial charge in [-0.25, -0.2) is 0 Å². The van der Waals surface area contributed by atoms with Crippen molar-refractivity contribution in [3.05, 3.63) is 193 Å². The van der Waals surface area contributed by atoms with Crippen molar-refractivity contribution in [1.29, 1.82) is 0 Å². The number of aromatic nitrogens is 1. The second-order valence-electron chi connectivity index (χ2n) is 19.4. The fourth-order valence-electron chi connectivity index (χ4n) is 10.3. The van der Waals surface area contributed by atoms with Gasteiger partial charge in [-0.1, -0.05) is 151 Å². The lowest BCUT2D eigenvalue weighted by Crippen LogP contribution is -2.60. The van der Waals surface area contributed by atoms with Gasteiger partial charge >= 0.3 is 0 Å². The van der Waals surface area contributed by atoms with Gasteiger partial charge in [-0.15, -0.1) is 11.3 Å². The van der Waals surface area contributed by atoms with Crippen LogP contribution in [0.25, 0.3) is 48.7 Å². The topological polar surface area (TPSA) is 11.4 Å². The van der Waals surface area contributed by atoms with Gasteiger partial charge in [-0.2, -0.15) is 0 Å². The van der Waals surface area contributed by atoms with Crippen LogP contribution in [0.5, 0.6) is 0 Å². The minimum atomic E-state index is 0.0289. The molecule has 0 amide bonds. The van der Waals surface area contributed by atoms with Crippen molar-refractivity contribution >= 4 is 99.8 Å². The Kier molecular flexibility index (Phi) is 8.33. The van der Waals surface area contributed by atoms with Crippen molar-refractivity contribution in [1.82, 2.24) is 4.57 Å². The van der Waals surface area contributed by atoms with Crippen LogP contribution in [-0.4, -0.2) is 11.3 Å². The van der Waals surface area contributed by atoms with Gasteiger partial charge in [0.25, 0.3) is 6.71 Å². The SMILES string of the molecule is CC(C)(C)c1ccc(N2c3cc(-n4c5ccccc5c5ccccc54)ccc3B3c4sc5ccc(-c6ccccc6)cc5c4N(c4ccc(C(C)(C)C)cc4)c4cccc2c43)cc1. The smallest absolute Gasteiger partial charge is 0.264 e. The highest BCUT2D eigenvalue weighted by Gasteiger charge is 2.45. The van der Waals surface area contributed by atoms with Gasteiger partial charge in [0, 0.05) is 59.8 Å². The Morgan fingerprint density at radius 1 is 0.429 bits per heavy atom. The van der Waals surface area contributed by atoms with Crippen LogP contribution < -0.4 is 25.5 Å². The molecule has 0 spiro atoms. The van der Waals surface area contributed by atoms with Crippen LogP contribution in [0.2, 0.25) is 0 Å². The van der Waals surface area contributed by atoms with Crippen molar-refractivity contribution in [2.75, 3.05) is 9.80 Å². The van der Waals surface area contributed by atoms with Gasteiger partial charge in [0.2, 0.25) is 0 Å². The highest BCUT2D eigenvalue weighted by atomic mass is 32.1. The number of hydrogen-bond acceptors (Lipinski definition) is 3. The minimum Gasteiger partial charge on any atom is -0.311 e. The maximum absolute atomic E-state index is 2.57. The number of nitrogens with zero attached hydrogens (tertiary/aromatic N) is 3. The molecule has 0 saturated carbocycles. The summed E-state index contributed by atoms with van der Waals surface area (Å²) in [5, 5.41) is 3.82. The third-order valence-electron chi connectivity index (χ3n) is 13.5. The van der Waals surface area contributed by atoms with Crippen LogP contribution in [0.15, 0.2) is 182 Å². The summed E-state index contributed by atoms with van der Waals surface area (Å²) in [6.45, 7) is 13.8. The fraction of sp³-hybridized carbons (Fsp3) is 0.138. The van der Waals surface area contributed by atoms with E-state index < -0.39 is 0 Å². The molecular formula is C58H48BN3S. The van der Waals surface area contributed by atoms with E-state index in [1.807, 2.05) is 11.3 Å². The Hall–Kier alpha value is -6.82. The standard InChI is InChI=1S/C58H48BN3S/c1-57(2,3)39-24-28-41(29-25-39)60-50-21-14-22-51-54(50)59(47-33-32-43(36-52(47)60)61-48-19-12-10-17-44(48)45-18-11-13-20-49(45)61)56-55(62(51)42-30-26-40(27-31-42)58(4,5)6)46-35-38(23-34-53(46)63-56)37-15-8-7-9-16-37/h7-36H,1-6H3. The average molecular weight is 830 g/mol. The number of benzene rings is 8. The third-order valence-corrected chi connectivity index (χ3v) is 14.7. The summed E-state index contributed by atoms with van der Waals surface area (Å²) < 4.78 is 5.13. The van der Waals surface area contributed by atoms with Crippen LogP contribution in [0.1, 0.15) is 52.7 Å². The Labute approximate surface area is 374 Å². The number of anilines is 6. The summed E-state index contributed by atoms with van der Waals surface area (Å²) >= 11 is 1.95. The summed E-state index contributed by atoms with van der Waals surface area (Å²) in [7, 11) is 0. The molecule has 0 bridgehead atoms. The molecule has 2 aliphatic rings. The van der Waals surface area contributed by atoms with Gasteiger partial charge in [-0.05, 0) is 117 Å². The maximum atomic E-state index is 2.57. The zero-order chi connectivity index (χ0) is 42.8. The van der Waals surface area contributed by atoms with E-state index in [1.54, 1.807) is 0 Å². The van der Waals surface area contributed by atoms with E-state index in [1.165, 1.54) is 98.3 Å². The Morgan fingerprint density at radius 2 is 0.984 bits per heavy atom. The second kappa shape index (κ2) is 13.8. The first-order valence-electron chi connectivity index (χ1n) is 22.2. The van der Waals surface area contributed by atoms with Crippen LogP contribution in [0.4, 0.5) is 34.1 Å². The summed E-state index contributed by atoms with van der Waals surface area (Å²) in [6, 6.07) is 68.5. The Bertz CT molecular complexity index is 3370. The highest BCUT2D eigenvalue weighted by Crippen LogP contribution is 2.49. The molecule has 0 atom stereocenters. The lowest BCUT2D eigenvalue weighted by Gasteiger charge is -2.43. The van der Waals surface area contributed by atoms with E-state index in [0.29, 0.717) is 0 Å². The second-order valence-corrected chi connectivity index (χ2v) is 20.5. The number of para-hydroxylation sites is 2. The van der Waals surface area contributed by atoms with E-state index in [-0.39, 0.29) is 17.5 Å². The largest absolute Gasteiger partial charge is 0.311 e. The van der Waals surface area contributed by atoms with Gasteiger partial charge in [0.1, 0.15) is 0 Å². The van der Waals surface area contributed by atoms with Crippen molar-refractivity contribution < 1.29 is 0 Å². The normalized spacial score (nSPS) is 13.5. The van der Waals surface area contributed by atoms with E-state index in [4.69, 9.17) is 0 Å². The number of rotatable bonds is 4. The number of thiophene rings is 1. The summed E-state index contributed by atoms with van der Waals surface area (Å²) in [4.78, 5) is 5.12. The molecule has 0 fully saturated rings. The van der Waals surface area contributed by atoms with Gasteiger partial charge < -0.3 is 14.4 Å². The molecule has 12 rings (SSSR count). The Balaban J connectivity index is 1.15. The van der Waals surface area contributed by atoms with E-state index in [0.717, 1.165) is 11.4 Å². The molecule has 5 heteroatoms. The van der Waals surface area contributed by atoms with Gasteiger partial charge in [0.05, 0.1) is 16.7 Å². The van der Waals surface area contributed by atoms with Gasteiger partial charge in [0.15, 0.2) is 0 Å². The zero-order valence-corrected chi connectivity index (χ0v) is 37.5. The molecule has 63 heavy (non-hydrogen) atoms.